The number of imidazole rings is 1. The molecule has 36 heavy (non-hydrogen) atoms. The third kappa shape index (κ3) is 5.78. The lowest BCUT2D eigenvalue weighted by atomic mass is 9.93. The fourth-order valence-corrected chi connectivity index (χ4v) is 5.82. The van der Waals surface area contributed by atoms with Crippen molar-refractivity contribution in [3.05, 3.63) is 64.7 Å². The molecule has 0 spiro atoms. The van der Waals surface area contributed by atoms with Gasteiger partial charge in [0.25, 0.3) is 0 Å². The third-order valence-corrected chi connectivity index (χ3v) is 7.68. The van der Waals surface area contributed by atoms with Crippen LogP contribution in [0.4, 0.5) is 5.82 Å². The van der Waals surface area contributed by atoms with Crippen LogP contribution in [0.25, 0.3) is 11.3 Å². The highest BCUT2D eigenvalue weighted by molar-refractivity contribution is 5.69. The molecule has 4 heterocycles. The lowest BCUT2D eigenvalue weighted by molar-refractivity contribution is -0.137. The number of nitrogens with zero attached hydrogens (tertiary/aromatic N) is 3. The minimum Gasteiger partial charge on any atom is -0.481 e. The number of carboxylic acid groups (broad SMARTS) is 1. The van der Waals surface area contributed by atoms with Crippen LogP contribution in [0, 0.1) is 19.8 Å². The molecular formula is C29H37N5O2. The summed E-state index contributed by atoms with van der Waals surface area (Å²) in [5, 5.41) is 13.1. The molecule has 1 unspecified atom stereocenters. The fourth-order valence-electron chi connectivity index (χ4n) is 5.82. The Morgan fingerprint density at radius 2 is 2.11 bits per heavy atom. The number of fused-ring (bicyclic) bond motifs is 1. The van der Waals surface area contributed by atoms with E-state index in [9.17, 15) is 9.90 Å². The van der Waals surface area contributed by atoms with Gasteiger partial charge in [-0.1, -0.05) is 24.3 Å². The molecule has 0 amide bonds. The van der Waals surface area contributed by atoms with Crippen molar-refractivity contribution >= 4 is 11.8 Å². The van der Waals surface area contributed by atoms with Gasteiger partial charge < -0.3 is 20.3 Å². The van der Waals surface area contributed by atoms with Gasteiger partial charge in [0.1, 0.15) is 11.6 Å². The Hall–Kier alpha value is -3.19. The molecule has 1 fully saturated rings. The molecule has 7 nitrogen and oxygen atoms in total. The zero-order valence-electron chi connectivity index (χ0n) is 21.4. The summed E-state index contributed by atoms with van der Waals surface area (Å²) in [5.41, 5.74) is 6.62. The molecule has 0 radical (unpaired) electrons. The lowest BCUT2D eigenvalue weighted by Crippen LogP contribution is -2.28. The lowest BCUT2D eigenvalue weighted by Gasteiger charge is -2.24. The van der Waals surface area contributed by atoms with Gasteiger partial charge in [-0.15, -0.1) is 0 Å². The van der Waals surface area contributed by atoms with Gasteiger partial charge in [0.05, 0.1) is 17.8 Å². The van der Waals surface area contributed by atoms with Gasteiger partial charge in [-0.05, 0) is 81.7 Å². The molecule has 190 valence electrons. The van der Waals surface area contributed by atoms with Crippen molar-refractivity contribution in [3.8, 4) is 11.3 Å². The van der Waals surface area contributed by atoms with Gasteiger partial charge in [0, 0.05) is 36.8 Å². The summed E-state index contributed by atoms with van der Waals surface area (Å²) in [6, 6.07) is 12.7. The number of anilines is 1. The summed E-state index contributed by atoms with van der Waals surface area (Å²) in [4.78, 5) is 26.9. The van der Waals surface area contributed by atoms with Crippen LogP contribution in [-0.4, -0.2) is 57.1 Å². The molecule has 0 bridgehead atoms. The number of benzene rings is 1. The number of pyridine rings is 1. The van der Waals surface area contributed by atoms with Gasteiger partial charge in [-0.25, -0.2) is 9.97 Å². The zero-order chi connectivity index (χ0) is 25.1. The average Bonchev–Trinajstić information content (AvgIpc) is 3.47. The molecule has 2 aliphatic rings. The van der Waals surface area contributed by atoms with Crippen LogP contribution >= 0.6 is 0 Å². The predicted molar refractivity (Wildman–Crippen MR) is 142 cm³/mol. The molecule has 3 N–H and O–H groups in total. The fraction of sp³-hybridized carbons (Fsp3) is 0.483. The molecule has 3 aromatic rings. The Kier molecular flexibility index (Phi) is 7.37. The third-order valence-electron chi connectivity index (χ3n) is 7.68. The first kappa shape index (κ1) is 24.5. The Morgan fingerprint density at radius 1 is 1.22 bits per heavy atom. The van der Waals surface area contributed by atoms with Crippen molar-refractivity contribution < 1.29 is 9.90 Å². The van der Waals surface area contributed by atoms with Gasteiger partial charge in [-0.2, -0.15) is 0 Å². The first-order valence-electron chi connectivity index (χ1n) is 13.2. The summed E-state index contributed by atoms with van der Waals surface area (Å²) < 4.78 is 0. The maximum atomic E-state index is 11.7. The molecule has 7 heteroatoms. The number of nitrogens with one attached hydrogen (secondary N) is 2. The molecule has 0 saturated carbocycles. The number of H-pyrrole nitrogens is 1. The van der Waals surface area contributed by atoms with E-state index < -0.39 is 5.97 Å². The topological polar surface area (TPSA) is 94.1 Å². The maximum absolute atomic E-state index is 11.7. The highest BCUT2D eigenvalue weighted by Gasteiger charge is 2.27. The standard InChI is InChI=1S/C29H37N5O2/c1-19-28(32-20(2)31-19)24-6-3-5-23(15-24)25(16-27(35)36)18-34-14-12-21(17-34)8-10-26-11-9-22-7-4-13-30-29(22)33-26/h3,5-6,9,11,15,21,25H,4,7-8,10,12-14,16-18H2,1-2H3,(H,30,33)(H,31,32)(H,35,36)/t21?,25-/m1/s1. The first-order valence-corrected chi connectivity index (χ1v) is 13.2. The number of carboxylic acids is 1. The number of hydrogen-bond donors (Lipinski definition) is 3. The van der Waals surface area contributed by atoms with E-state index in [0.717, 1.165) is 86.0 Å². The van der Waals surface area contributed by atoms with Crippen LogP contribution in [0.5, 0.6) is 0 Å². The molecule has 5 rings (SSSR count). The number of aryl methyl sites for hydroxylation is 4. The van der Waals surface area contributed by atoms with E-state index in [2.05, 4.69) is 50.5 Å². The van der Waals surface area contributed by atoms with Gasteiger partial charge in [0.2, 0.25) is 0 Å². The number of rotatable bonds is 9. The number of aliphatic carboxylic acids is 1. The second kappa shape index (κ2) is 10.8. The van der Waals surface area contributed by atoms with Crippen LogP contribution in [0.15, 0.2) is 36.4 Å². The van der Waals surface area contributed by atoms with Gasteiger partial charge >= 0.3 is 5.97 Å². The maximum Gasteiger partial charge on any atom is 0.304 e. The smallest absolute Gasteiger partial charge is 0.304 e. The minimum atomic E-state index is -0.748. The average molecular weight is 488 g/mol. The van der Waals surface area contributed by atoms with Crippen molar-refractivity contribution in [2.45, 2.75) is 58.3 Å². The molecule has 2 aliphatic heterocycles. The number of aromatic amines is 1. The predicted octanol–water partition coefficient (Wildman–Crippen LogP) is 4.96. The summed E-state index contributed by atoms with van der Waals surface area (Å²) >= 11 is 0. The minimum absolute atomic E-state index is 0.0427. The molecule has 2 aromatic heterocycles. The Morgan fingerprint density at radius 3 is 2.92 bits per heavy atom. The van der Waals surface area contributed by atoms with Crippen molar-refractivity contribution in [2.24, 2.45) is 5.92 Å². The summed E-state index contributed by atoms with van der Waals surface area (Å²) in [5.74, 6) is 1.80. The normalized spacial score (nSPS) is 18.6. The summed E-state index contributed by atoms with van der Waals surface area (Å²) in [6.07, 6.45) is 5.72. The van der Waals surface area contributed by atoms with Crippen LogP contribution in [0.3, 0.4) is 0 Å². The SMILES string of the molecule is Cc1nc(C)c(-c2cccc([C@H](CC(=O)O)CN3CCC(CCc4ccc5c(n4)NCCC5)C3)c2)[nH]1. The number of hydrogen-bond acceptors (Lipinski definition) is 5. The van der Waals surface area contributed by atoms with E-state index in [0.29, 0.717) is 5.92 Å². The second-order valence-corrected chi connectivity index (χ2v) is 10.5. The van der Waals surface area contributed by atoms with Gasteiger partial charge in [0.15, 0.2) is 0 Å². The van der Waals surface area contributed by atoms with Crippen molar-refractivity contribution in [1.29, 1.82) is 0 Å². The summed E-state index contributed by atoms with van der Waals surface area (Å²) in [6.45, 7) is 7.80. The van der Waals surface area contributed by atoms with Crippen LogP contribution in [0.1, 0.15) is 59.9 Å². The Bertz CT molecular complexity index is 1220. The van der Waals surface area contributed by atoms with E-state index >= 15 is 0 Å². The monoisotopic (exact) mass is 487 g/mol. The second-order valence-electron chi connectivity index (χ2n) is 10.5. The van der Waals surface area contributed by atoms with E-state index in [-0.39, 0.29) is 12.3 Å². The van der Waals surface area contributed by atoms with E-state index in [1.165, 1.54) is 17.7 Å². The molecule has 0 aliphatic carbocycles. The van der Waals surface area contributed by atoms with E-state index in [1.54, 1.807) is 0 Å². The number of carbonyl (C=O) groups is 1. The Labute approximate surface area is 213 Å². The van der Waals surface area contributed by atoms with E-state index in [4.69, 9.17) is 4.98 Å². The molecule has 1 aromatic carbocycles. The van der Waals surface area contributed by atoms with E-state index in [1.807, 2.05) is 19.9 Å². The highest BCUT2D eigenvalue weighted by atomic mass is 16.4. The molecule has 1 saturated heterocycles. The van der Waals surface area contributed by atoms with Crippen molar-refractivity contribution in [3.63, 3.8) is 0 Å². The van der Waals surface area contributed by atoms with Crippen LogP contribution in [-0.2, 0) is 17.6 Å². The van der Waals surface area contributed by atoms with Crippen LogP contribution in [0.2, 0.25) is 0 Å². The Balaban J connectivity index is 1.21. The van der Waals surface area contributed by atoms with Crippen molar-refractivity contribution in [1.82, 2.24) is 19.9 Å². The van der Waals surface area contributed by atoms with Crippen LogP contribution < -0.4 is 5.32 Å². The molecular weight excluding hydrogens is 450 g/mol. The number of likely N-dealkylation sites (tertiary alicyclic amines) is 1. The quantitative estimate of drug-likeness (QED) is 0.395. The van der Waals surface area contributed by atoms with Gasteiger partial charge in [-0.3, -0.25) is 4.79 Å². The number of aromatic nitrogens is 3. The molecule has 2 atom stereocenters. The highest BCUT2D eigenvalue weighted by Crippen LogP contribution is 2.30. The largest absolute Gasteiger partial charge is 0.481 e. The van der Waals surface area contributed by atoms with Crippen molar-refractivity contribution in [2.75, 3.05) is 31.5 Å². The summed E-state index contributed by atoms with van der Waals surface area (Å²) in [7, 11) is 0. The zero-order valence-corrected chi connectivity index (χ0v) is 21.4. The first-order chi connectivity index (χ1) is 17.4.